The highest BCUT2D eigenvalue weighted by atomic mass is 16.5. The highest BCUT2D eigenvalue weighted by Crippen LogP contribution is 2.37. The molecule has 1 N–H and O–H groups in total. The lowest BCUT2D eigenvalue weighted by Gasteiger charge is -2.18. The first-order valence-corrected chi connectivity index (χ1v) is 11.7. The van der Waals surface area contributed by atoms with Crippen molar-refractivity contribution in [3.8, 4) is 5.75 Å². The SMILES string of the molecule is CCOc1cccc(NC2=C(c3ccc(C)c(C)c3)C(=O)N(c3cccc4ccccc34)C2=O)c1. The van der Waals surface area contributed by atoms with Crippen LogP contribution in [0.1, 0.15) is 23.6 Å². The van der Waals surface area contributed by atoms with Crippen molar-refractivity contribution in [1.29, 1.82) is 0 Å². The van der Waals surface area contributed by atoms with Gasteiger partial charge in [0, 0.05) is 17.1 Å². The van der Waals surface area contributed by atoms with E-state index in [1.165, 1.54) is 4.90 Å². The van der Waals surface area contributed by atoms with E-state index < -0.39 is 0 Å². The molecule has 0 bridgehead atoms. The van der Waals surface area contributed by atoms with Crippen molar-refractivity contribution in [3.05, 3.63) is 107 Å². The van der Waals surface area contributed by atoms with Crippen LogP contribution < -0.4 is 15.0 Å². The summed E-state index contributed by atoms with van der Waals surface area (Å²) < 4.78 is 5.62. The number of carbonyl (C=O) groups excluding carboxylic acids is 2. The molecule has 4 aromatic carbocycles. The zero-order valence-electron chi connectivity index (χ0n) is 20.0. The smallest absolute Gasteiger partial charge is 0.282 e. The average molecular weight is 463 g/mol. The fraction of sp³-hybridized carbons (Fsp3) is 0.133. The molecule has 1 heterocycles. The number of nitrogens with zero attached hydrogens (tertiary/aromatic N) is 1. The van der Waals surface area contributed by atoms with Crippen LogP contribution in [0.25, 0.3) is 16.3 Å². The number of hydrogen-bond donors (Lipinski definition) is 1. The van der Waals surface area contributed by atoms with Crippen molar-refractivity contribution < 1.29 is 14.3 Å². The van der Waals surface area contributed by atoms with Crippen LogP contribution in [0.5, 0.6) is 5.75 Å². The monoisotopic (exact) mass is 462 g/mol. The Balaban J connectivity index is 1.65. The van der Waals surface area contributed by atoms with Gasteiger partial charge in [-0.2, -0.15) is 0 Å². The fourth-order valence-electron chi connectivity index (χ4n) is 4.41. The predicted octanol–water partition coefficient (Wildman–Crippen LogP) is 6.25. The molecule has 5 rings (SSSR count). The topological polar surface area (TPSA) is 58.6 Å². The number of aryl methyl sites for hydroxylation is 2. The number of fused-ring (bicyclic) bond motifs is 1. The Morgan fingerprint density at radius 3 is 2.37 bits per heavy atom. The first-order valence-electron chi connectivity index (χ1n) is 11.7. The number of carbonyl (C=O) groups is 2. The van der Waals surface area contributed by atoms with E-state index in [2.05, 4.69) is 5.32 Å². The molecule has 0 radical (unpaired) electrons. The van der Waals surface area contributed by atoms with Crippen molar-refractivity contribution in [2.24, 2.45) is 0 Å². The molecule has 1 aliphatic heterocycles. The zero-order chi connectivity index (χ0) is 24.5. The molecule has 0 fully saturated rings. The Morgan fingerprint density at radius 1 is 0.800 bits per heavy atom. The second kappa shape index (κ2) is 9.11. The molecule has 0 atom stereocenters. The van der Waals surface area contributed by atoms with Gasteiger partial charge >= 0.3 is 0 Å². The molecular weight excluding hydrogens is 436 g/mol. The maximum absolute atomic E-state index is 13.9. The quantitative estimate of drug-likeness (QED) is 0.344. The van der Waals surface area contributed by atoms with Gasteiger partial charge in [0.15, 0.2) is 0 Å². The summed E-state index contributed by atoms with van der Waals surface area (Å²) in [6.45, 7) is 6.48. The lowest BCUT2D eigenvalue weighted by molar-refractivity contribution is -0.120. The van der Waals surface area contributed by atoms with Gasteiger partial charge in [-0.25, -0.2) is 4.90 Å². The maximum atomic E-state index is 13.9. The molecule has 0 spiro atoms. The summed E-state index contributed by atoms with van der Waals surface area (Å²) in [6, 6.07) is 26.6. The lowest BCUT2D eigenvalue weighted by atomic mass is 9.99. The molecule has 2 amide bonds. The minimum atomic E-state index is -0.388. The number of hydrogen-bond acceptors (Lipinski definition) is 4. The van der Waals surface area contributed by atoms with Crippen molar-refractivity contribution in [1.82, 2.24) is 0 Å². The highest BCUT2D eigenvalue weighted by Gasteiger charge is 2.41. The number of rotatable bonds is 6. The molecule has 5 heteroatoms. The van der Waals surface area contributed by atoms with Crippen LogP contribution in [-0.4, -0.2) is 18.4 Å². The summed E-state index contributed by atoms with van der Waals surface area (Å²) in [7, 11) is 0. The van der Waals surface area contributed by atoms with Crippen LogP contribution in [0.4, 0.5) is 11.4 Å². The van der Waals surface area contributed by atoms with Crippen molar-refractivity contribution in [2.45, 2.75) is 20.8 Å². The van der Waals surface area contributed by atoms with Gasteiger partial charge < -0.3 is 10.1 Å². The van der Waals surface area contributed by atoms with Crippen LogP contribution in [0.15, 0.2) is 90.6 Å². The molecule has 0 unspecified atom stereocenters. The van der Waals surface area contributed by atoms with E-state index in [1.54, 1.807) is 0 Å². The minimum Gasteiger partial charge on any atom is -0.494 e. The van der Waals surface area contributed by atoms with Crippen LogP contribution in [0.3, 0.4) is 0 Å². The van der Waals surface area contributed by atoms with Gasteiger partial charge in [0.05, 0.1) is 17.9 Å². The molecule has 0 saturated carbocycles. The molecule has 4 aromatic rings. The van der Waals surface area contributed by atoms with Gasteiger partial charge in [0.1, 0.15) is 11.4 Å². The number of imide groups is 1. The zero-order valence-corrected chi connectivity index (χ0v) is 20.0. The molecule has 5 nitrogen and oxygen atoms in total. The summed E-state index contributed by atoms with van der Waals surface area (Å²) in [4.78, 5) is 29.1. The summed E-state index contributed by atoms with van der Waals surface area (Å²) in [5.41, 5.74) is 4.73. The number of ether oxygens (including phenoxy) is 1. The van der Waals surface area contributed by atoms with Crippen LogP contribution in [0, 0.1) is 13.8 Å². The van der Waals surface area contributed by atoms with Gasteiger partial charge in [0.25, 0.3) is 11.8 Å². The third-order valence-corrected chi connectivity index (χ3v) is 6.30. The number of anilines is 2. The number of amides is 2. The van der Waals surface area contributed by atoms with Gasteiger partial charge in [-0.05, 0) is 61.0 Å². The highest BCUT2D eigenvalue weighted by molar-refractivity contribution is 6.47. The molecular formula is C30H26N2O3. The van der Waals surface area contributed by atoms with E-state index in [4.69, 9.17) is 4.74 Å². The van der Waals surface area contributed by atoms with E-state index >= 15 is 0 Å². The molecule has 0 aliphatic carbocycles. The Bertz CT molecular complexity index is 1500. The Labute approximate surface area is 204 Å². The maximum Gasteiger partial charge on any atom is 0.282 e. The molecule has 174 valence electrons. The van der Waals surface area contributed by atoms with Crippen molar-refractivity contribution in [3.63, 3.8) is 0 Å². The second-order valence-electron chi connectivity index (χ2n) is 8.58. The summed E-state index contributed by atoms with van der Waals surface area (Å²) in [6.07, 6.45) is 0. The fourth-order valence-corrected chi connectivity index (χ4v) is 4.41. The van der Waals surface area contributed by atoms with E-state index in [-0.39, 0.29) is 17.5 Å². The molecule has 0 saturated heterocycles. The van der Waals surface area contributed by atoms with Crippen molar-refractivity contribution >= 4 is 39.5 Å². The molecule has 1 aliphatic rings. The van der Waals surface area contributed by atoms with E-state index in [0.717, 1.165) is 21.9 Å². The predicted molar refractivity (Wildman–Crippen MR) is 141 cm³/mol. The van der Waals surface area contributed by atoms with Crippen molar-refractivity contribution in [2.75, 3.05) is 16.8 Å². The van der Waals surface area contributed by atoms with Crippen LogP contribution >= 0.6 is 0 Å². The number of nitrogens with one attached hydrogen (secondary N) is 1. The summed E-state index contributed by atoms with van der Waals surface area (Å²) in [5.74, 6) is -0.0482. The lowest BCUT2D eigenvalue weighted by Crippen LogP contribution is -2.32. The Hall–Kier alpha value is -4.38. The van der Waals surface area contributed by atoms with Gasteiger partial charge in [0.2, 0.25) is 0 Å². The van der Waals surface area contributed by atoms with Gasteiger partial charge in [-0.1, -0.05) is 60.7 Å². The Morgan fingerprint density at radius 2 is 1.57 bits per heavy atom. The summed E-state index contributed by atoms with van der Waals surface area (Å²) in [5, 5.41) is 5.04. The first-order chi connectivity index (χ1) is 17.0. The van der Waals surface area contributed by atoms with Crippen LogP contribution in [-0.2, 0) is 9.59 Å². The van der Waals surface area contributed by atoms with E-state index in [9.17, 15) is 9.59 Å². The first kappa shape index (κ1) is 22.4. The average Bonchev–Trinajstić information content (AvgIpc) is 3.10. The summed E-state index contributed by atoms with van der Waals surface area (Å²) >= 11 is 0. The molecule has 35 heavy (non-hydrogen) atoms. The third kappa shape index (κ3) is 4.06. The Kier molecular flexibility index (Phi) is 5.83. The normalized spacial score (nSPS) is 13.6. The van der Waals surface area contributed by atoms with Crippen LogP contribution in [0.2, 0.25) is 0 Å². The molecule has 0 aromatic heterocycles. The number of benzene rings is 4. The van der Waals surface area contributed by atoms with E-state index in [0.29, 0.717) is 34.9 Å². The van der Waals surface area contributed by atoms with Gasteiger partial charge in [-0.15, -0.1) is 0 Å². The minimum absolute atomic E-state index is 0.250. The van der Waals surface area contributed by atoms with E-state index in [1.807, 2.05) is 106 Å². The second-order valence-corrected chi connectivity index (χ2v) is 8.58. The third-order valence-electron chi connectivity index (χ3n) is 6.30. The van der Waals surface area contributed by atoms with Gasteiger partial charge in [-0.3, -0.25) is 9.59 Å². The largest absolute Gasteiger partial charge is 0.494 e. The standard InChI is InChI=1S/C30H26N2O3/c1-4-35-24-12-8-11-23(18-24)31-28-27(22-16-15-19(2)20(3)17-22)29(33)32(30(28)34)26-14-7-10-21-9-5-6-13-25(21)26/h5-18,31H,4H2,1-3H3.